The van der Waals surface area contributed by atoms with E-state index in [-0.39, 0.29) is 29.0 Å². The molecular weight excluding hydrogens is 304 g/mol. The van der Waals surface area contributed by atoms with Gasteiger partial charge in [-0.1, -0.05) is 13.0 Å². The van der Waals surface area contributed by atoms with E-state index in [0.717, 1.165) is 18.2 Å². The van der Waals surface area contributed by atoms with E-state index in [4.69, 9.17) is 4.74 Å². The van der Waals surface area contributed by atoms with Gasteiger partial charge in [-0.05, 0) is 30.2 Å². The van der Waals surface area contributed by atoms with Gasteiger partial charge in [0.2, 0.25) is 5.75 Å². The van der Waals surface area contributed by atoms with Crippen molar-refractivity contribution in [1.82, 2.24) is 0 Å². The molecule has 5 N–H and O–H groups in total. The van der Waals surface area contributed by atoms with Crippen LogP contribution in [0.25, 0.3) is 11.1 Å². The molecule has 7 heteroatoms. The van der Waals surface area contributed by atoms with Gasteiger partial charge >= 0.3 is 5.97 Å². The first-order valence-electron chi connectivity index (χ1n) is 6.84. The number of ether oxygens (including phenoxy) is 1. The van der Waals surface area contributed by atoms with Crippen molar-refractivity contribution in [2.45, 2.75) is 13.3 Å². The fourth-order valence-electron chi connectivity index (χ4n) is 2.05. The summed E-state index contributed by atoms with van der Waals surface area (Å²) >= 11 is 0. The molecule has 2 rings (SSSR count). The maximum Gasteiger partial charge on any atom is 0.339 e. The largest absolute Gasteiger partial charge is 0.504 e. The fourth-order valence-corrected chi connectivity index (χ4v) is 2.05. The zero-order valence-corrected chi connectivity index (χ0v) is 12.3. The Hall–Kier alpha value is -3.09. The van der Waals surface area contributed by atoms with Gasteiger partial charge in [-0.3, -0.25) is 0 Å². The van der Waals surface area contributed by atoms with Crippen molar-refractivity contribution in [2.24, 2.45) is 0 Å². The second kappa shape index (κ2) is 6.35. The molecule has 0 fully saturated rings. The molecule has 7 nitrogen and oxygen atoms in total. The number of hydrogen-bond donors (Lipinski definition) is 5. The number of phenolic OH excluding ortho intramolecular Hbond substituents is 5. The quantitative estimate of drug-likeness (QED) is 0.432. The number of carbonyl (C=O) groups excluding carboxylic acids is 1. The van der Waals surface area contributed by atoms with Gasteiger partial charge in [0.1, 0.15) is 0 Å². The normalized spacial score (nSPS) is 10.5. The number of esters is 1. The van der Waals surface area contributed by atoms with Crippen LogP contribution in [0.15, 0.2) is 24.3 Å². The summed E-state index contributed by atoms with van der Waals surface area (Å²) in [5.74, 6) is -3.88. The highest BCUT2D eigenvalue weighted by Gasteiger charge is 2.24. The highest BCUT2D eigenvalue weighted by molar-refractivity contribution is 6.01. The molecule has 0 saturated carbocycles. The first-order valence-corrected chi connectivity index (χ1v) is 6.84. The van der Waals surface area contributed by atoms with E-state index in [2.05, 4.69) is 0 Å². The van der Waals surface area contributed by atoms with Crippen LogP contribution in [0.5, 0.6) is 28.7 Å². The van der Waals surface area contributed by atoms with Crippen molar-refractivity contribution in [3.05, 3.63) is 29.8 Å². The van der Waals surface area contributed by atoms with Crippen LogP contribution in [0, 0.1) is 0 Å². The fraction of sp³-hybridized carbons (Fsp3) is 0.188. The summed E-state index contributed by atoms with van der Waals surface area (Å²) in [6, 6.07) is 4.57. The van der Waals surface area contributed by atoms with E-state index < -0.39 is 29.0 Å². The minimum atomic E-state index is -0.806. The lowest BCUT2D eigenvalue weighted by Crippen LogP contribution is -2.08. The zero-order chi connectivity index (χ0) is 17.1. The summed E-state index contributed by atoms with van der Waals surface area (Å²) in [6.45, 7) is 1.94. The molecule has 0 unspecified atom stereocenters. The molecule has 0 aliphatic heterocycles. The molecular formula is C16H16O7. The second-order valence-corrected chi connectivity index (χ2v) is 4.85. The molecule has 2 aromatic carbocycles. The van der Waals surface area contributed by atoms with Crippen LogP contribution in [0.4, 0.5) is 0 Å². The van der Waals surface area contributed by atoms with Crippen molar-refractivity contribution in [1.29, 1.82) is 0 Å². The number of phenols is 5. The van der Waals surface area contributed by atoms with Crippen LogP contribution < -0.4 is 0 Å². The Bertz CT molecular complexity index is 753. The van der Waals surface area contributed by atoms with Crippen LogP contribution in [0.1, 0.15) is 23.7 Å². The van der Waals surface area contributed by atoms with E-state index >= 15 is 0 Å². The van der Waals surface area contributed by atoms with E-state index in [1.165, 1.54) is 6.07 Å². The van der Waals surface area contributed by atoms with Crippen LogP contribution in [-0.4, -0.2) is 38.1 Å². The van der Waals surface area contributed by atoms with Gasteiger partial charge in [0.15, 0.2) is 23.0 Å². The molecule has 0 radical (unpaired) electrons. The Labute approximate surface area is 131 Å². The first-order chi connectivity index (χ1) is 10.9. The molecule has 0 aromatic heterocycles. The maximum absolute atomic E-state index is 12.1. The lowest BCUT2D eigenvalue weighted by Gasteiger charge is -2.14. The molecule has 0 aliphatic rings. The van der Waals surface area contributed by atoms with Gasteiger partial charge in [0, 0.05) is 5.56 Å². The molecule has 2 aromatic rings. The minimum Gasteiger partial charge on any atom is -0.504 e. The van der Waals surface area contributed by atoms with E-state index in [1.54, 1.807) is 6.92 Å². The third kappa shape index (κ3) is 3.08. The highest BCUT2D eigenvalue weighted by Crippen LogP contribution is 2.46. The predicted octanol–water partition coefficient (Wildman–Crippen LogP) is 2.45. The maximum atomic E-state index is 12.1. The molecule has 23 heavy (non-hydrogen) atoms. The molecule has 122 valence electrons. The SMILES string of the molecule is CCCOC(=O)c1cc(O)c(O)c(O)c1-c1ccc(O)c(O)c1. The number of rotatable bonds is 4. The summed E-state index contributed by atoms with van der Waals surface area (Å²) < 4.78 is 4.99. The number of aromatic hydroxyl groups is 5. The van der Waals surface area contributed by atoms with Crippen molar-refractivity contribution >= 4 is 5.97 Å². The summed E-state index contributed by atoms with van der Waals surface area (Å²) in [5.41, 5.74) is -0.162. The Kier molecular flexibility index (Phi) is 4.49. The lowest BCUT2D eigenvalue weighted by atomic mass is 9.97. The second-order valence-electron chi connectivity index (χ2n) is 4.85. The Balaban J connectivity index is 2.66. The third-order valence-corrected chi connectivity index (χ3v) is 3.18. The van der Waals surface area contributed by atoms with E-state index in [1.807, 2.05) is 0 Å². The molecule has 0 aliphatic carbocycles. The van der Waals surface area contributed by atoms with Gasteiger partial charge < -0.3 is 30.3 Å². The van der Waals surface area contributed by atoms with E-state index in [0.29, 0.717) is 6.42 Å². The van der Waals surface area contributed by atoms with Gasteiger partial charge in [-0.2, -0.15) is 0 Å². The highest BCUT2D eigenvalue weighted by atomic mass is 16.5. The summed E-state index contributed by atoms with van der Waals surface area (Å²) in [7, 11) is 0. The van der Waals surface area contributed by atoms with Crippen LogP contribution in [-0.2, 0) is 4.74 Å². The zero-order valence-electron chi connectivity index (χ0n) is 12.3. The number of carbonyl (C=O) groups is 1. The molecule has 0 amide bonds. The van der Waals surface area contributed by atoms with Gasteiger partial charge in [-0.15, -0.1) is 0 Å². The van der Waals surface area contributed by atoms with Crippen molar-refractivity contribution in [3.8, 4) is 39.9 Å². The molecule has 0 saturated heterocycles. The third-order valence-electron chi connectivity index (χ3n) is 3.18. The summed E-state index contributed by atoms with van der Waals surface area (Å²) in [6.07, 6.45) is 0.580. The van der Waals surface area contributed by atoms with Gasteiger partial charge in [-0.25, -0.2) is 4.79 Å². The molecule has 0 heterocycles. The summed E-state index contributed by atoms with van der Waals surface area (Å²) in [5, 5.41) is 48.3. The van der Waals surface area contributed by atoms with Gasteiger partial charge in [0.25, 0.3) is 0 Å². The number of benzene rings is 2. The standard InChI is InChI=1S/C16H16O7/c1-2-5-23-16(22)9-7-12(19)14(20)15(21)13(9)8-3-4-10(17)11(18)6-8/h3-4,6-7,17-21H,2,5H2,1H3. The smallest absolute Gasteiger partial charge is 0.339 e. The lowest BCUT2D eigenvalue weighted by molar-refractivity contribution is 0.0505. The van der Waals surface area contributed by atoms with Crippen LogP contribution >= 0.6 is 0 Å². The van der Waals surface area contributed by atoms with Gasteiger partial charge in [0.05, 0.1) is 12.2 Å². The molecule has 0 bridgehead atoms. The molecule has 0 spiro atoms. The topological polar surface area (TPSA) is 127 Å². The van der Waals surface area contributed by atoms with Crippen molar-refractivity contribution in [3.63, 3.8) is 0 Å². The first kappa shape index (κ1) is 16.3. The minimum absolute atomic E-state index is 0.128. The van der Waals surface area contributed by atoms with Crippen molar-refractivity contribution < 1.29 is 35.1 Å². The average molecular weight is 320 g/mol. The Morgan fingerprint density at radius 3 is 2.26 bits per heavy atom. The van der Waals surface area contributed by atoms with Crippen molar-refractivity contribution in [2.75, 3.05) is 6.61 Å². The molecule has 0 atom stereocenters. The average Bonchev–Trinajstić information content (AvgIpc) is 2.52. The monoisotopic (exact) mass is 320 g/mol. The van der Waals surface area contributed by atoms with E-state index in [9.17, 15) is 30.3 Å². The van der Waals surface area contributed by atoms with Crippen LogP contribution in [0.2, 0.25) is 0 Å². The number of hydrogen-bond acceptors (Lipinski definition) is 7. The predicted molar refractivity (Wildman–Crippen MR) is 80.8 cm³/mol. The summed E-state index contributed by atoms with van der Waals surface area (Å²) in [4.78, 5) is 12.1. The van der Waals surface area contributed by atoms with Crippen LogP contribution in [0.3, 0.4) is 0 Å². The Morgan fingerprint density at radius 1 is 0.957 bits per heavy atom. The Morgan fingerprint density at radius 2 is 1.65 bits per heavy atom.